The van der Waals surface area contributed by atoms with Gasteiger partial charge in [-0.2, -0.15) is 4.31 Å². The Bertz CT molecular complexity index is 2660. The number of H-pyrrole nitrogens is 1. The van der Waals surface area contributed by atoms with Gasteiger partial charge in [0.15, 0.2) is 12.5 Å². The average molecular weight is 1220 g/mol. The van der Waals surface area contributed by atoms with Crippen molar-refractivity contribution in [3.05, 3.63) is 33.1 Å². The number of hydrogen-bond donors (Lipinski definition) is 17. The molecule has 39 heteroatoms. The summed E-state index contributed by atoms with van der Waals surface area (Å²) < 4.78 is 57.4. The summed E-state index contributed by atoms with van der Waals surface area (Å²) >= 11 is 0. The summed E-state index contributed by atoms with van der Waals surface area (Å²) in [7, 11) is -11.8. The van der Waals surface area contributed by atoms with Crippen molar-refractivity contribution < 1.29 is 120 Å². The molecular weight excluding hydrogens is 1150 g/mol. The molecule has 0 spiro atoms. The maximum Gasteiger partial charge on any atom is 0.483 e. The molecule has 3 heterocycles. The Kier molecular flexibility index (Phi) is 26.9. The van der Waals surface area contributed by atoms with Crippen LogP contribution in [0.1, 0.15) is 79.9 Å². The number of nitrogens with zero attached hydrogens (tertiary/aromatic N) is 1. The van der Waals surface area contributed by atoms with E-state index in [1.807, 2.05) is 4.98 Å². The zero-order chi connectivity index (χ0) is 62.1. The van der Waals surface area contributed by atoms with Gasteiger partial charge in [0, 0.05) is 25.6 Å². The number of ether oxygens (including phenoxy) is 3. The van der Waals surface area contributed by atoms with Gasteiger partial charge in [-0.1, -0.05) is 0 Å². The van der Waals surface area contributed by atoms with Gasteiger partial charge in [0.25, 0.3) is 5.56 Å². The minimum atomic E-state index is -5.98. The molecule has 2 fully saturated rings. The largest absolute Gasteiger partial charge is 0.483 e. The number of carbonyl (C=O) groups is 9. The number of aromatic amines is 1. The number of aromatic nitrogens is 2. The fraction of sp³-hybridized carbons (Fsp3) is 0.698. The number of phosphoric ester groups is 2. The molecule has 3 rings (SSSR count). The Balaban J connectivity index is 1.79. The van der Waals surface area contributed by atoms with E-state index >= 15 is 0 Å². The molecule has 0 bridgehead atoms. The molecule has 464 valence electrons. The molecule has 82 heavy (non-hydrogen) atoms. The zero-order valence-corrected chi connectivity index (χ0v) is 46.6. The van der Waals surface area contributed by atoms with E-state index in [1.54, 1.807) is 0 Å². The van der Waals surface area contributed by atoms with Gasteiger partial charge in [0.2, 0.25) is 41.4 Å². The van der Waals surface area contributed by atoms with Gasteiger partial charge in [0.05, 0.1) is 13.2 Å². The van der Waals surface area contributed by atoms with Gasteiger partial charge in [0.1, 0.15) is 85.0 Å². The van der Waals surface area contributed by atoms with Crippen LogP contribution >= 0.6 is 15.6 Å². The summed E-state index contributed by atoms with van der Waals surface area (Å²) in [6.07, 6.45) is -17.0. The molecule has 3 unspecified atom stereocenters. The predicted octanol–water partition coefficient (Wildman–Crippen LogP) is -7.17. The predicted molar refractivity (Wildman–Crippen MR) is 270 cm³/mol. The van der Waals surface area contributed by atoms with Gasteiger partial charge in [-0.25, -0.2) is 13.9 Å². The van der Waals surface area contributed by atoms with E-state index in [0.717, 1.165) is 40.0 Å². The number of carbonyl (C=O) groups excluding carboxylic acids is 7. The Labute approximate surface area is 464 Å². The highest BCUT2D eigenvalue weighted by atomic mass is 31.3. The van der Waals surface area contributed by atoms with Crippen molar-refractivity contribution in [2.45, 2.75) is 171 Å². The normalized spacial score (nSPS) is 25.6. The topological polar surface area (TPSA) is 570 Å². The number of aliphatic carboxylic acids is 2. The molecule has 18 atom stereocenters. The Morgan fingerprint density at radius 3 is 1.84 bits per heavy atom. The third-order valence-electron chi connectivity index (χ3n) is 12.1. The first-order valence-corrected chi connectivity index (χ1v) is 28.0. The Morgan fingerprint density at radius 2 is 1.27 bits per heavy atom. The van der Waals surface area contributed by atoms with Gasteiger partial charge in [-0.3, -0.25) is 66.5 Å². The second-order valence-electron chi connectivity index (χ2n) is 18.8. The van der Waals surface area contributed by atoms with Crippen molar-refractivity contribution in [2.75, 3.05) is 19.8 Å². The van der Waals surface area contributed by atoms with E-state index in [9.17, 15) is 97.2 Å². The maximum atomic E-state index is 13.9. The average Bonchev–Trinajstić information content (AvgIpc) is 3.88. The van der Waals surface area contributed by atoms with E-state index in [4.69, 9.17) is 29.6 Å². The van der Waals surface area contributed by atoms with E-state index in [2.05, 4.69) is 46.1 Å². The van der Waals surface area contributed by atoms with E-state index < -0.39 is 204 Å². The van der Waals surface area contributed by atoms with Crippen molar-refractivity contribution in [1.29, 1.82) is 0 Å². The van der Waals surface area contributed by atoms with E-state index in [0.29, 0.717) is 11.0 Å². The van der Waals surface area contributed by atoms with Crippen molar-refractivity contribution >= 4 is 68.9 Å². The highest BCUT2D eigenvalue weighted by molar-refractivity contribution is 7.61. The monoisotopic (exact) mass is 1220 g/mol. The number of carboxylic acids is 2. The highest BCUT2D eigenvalue weighted by Crippen LogP contribution is 2.61. The van der Waals surface area contributed by atoms with Crippen LogP contribution in [-0.2, 0) is 79.8 Å². The van der Waals surface area contributed by atoms with Gasteiger partial charge >= 0.3 is 33.3 Å². The van der Waals surface area contributed by atoms with Gasteiger partial charge in [-0.15, -0.1) is 0 Å². The molecule has 1 aromatic heterocycles. The number of unbranched alkanes of at least 4 members (excludes halogenated alkanes) is 1. The number of hydrogen-bond acceptors (Lipinski definition) is 24. The van der Waals surface area contributed by atoms with Crippen LogP contribution < -0.4 is 54.2 Å². The van der Waals surface area contributed by atoms with Gasteiger partial charge < -0.3 is 97.6 Å². The first kappa shape index (κ1) is 70.1. The number of aliphatic hydroxyl groups is 4. The molecule has 7 amide bonds. The van der Waals surface area contributed by atoms with Crippen LogP contribution in [-0.4, -0.2) is 214 Å². The minimum Gasteiger partial charge on any atom is -0.480 e. The lowest BCUT2D eigenvalue weighted by Crippen LogP contribution is -2.66. The number of carboxylic acid groups (broad SMARTS) is 2. The van der Waals surface area contributed by atoms with Crippen molar-refractivity contribution in [3.8, 4) is 0 Å². The second-order valence-corrected chi connectivity index (χ2v) is 21.8. The fourth-order valence-corrected chi connectivity index (χ4v) is 9.79. The van der Waals surface area contributed by atoms with Crippen LogP contribution in [0.5, 0.6) is 0 Å². The third-order valence-corrected chi connectivity index (χ3v) is 14.7. The Hall–Kier alpha value is -6.15. The smallest absolute Gasteiger partial charge is 0.480 e. The van der Waals surface area contributed by atoms with Crippen LogP contribution in [0.25, 0.3) is 0 Å². The molecule has 0 radical (unpaired) electrons. The lowest BCUT2D eigenvalue weighted by molar-refractivity contribution is -0.261. The lowest BCUT2D eigenvalue weighted by atomic mass is 9.96. The summed E-state index contributed by atoms with van der Waals surface area (Å²) in [6.45, 7) is 4.47. The molecule has 37 nitrogen and oxygen atoms in total. The lowest BCUT2D eigenvalue weighted by Gasteiger charge is -2.44. The number of nitrogens with two attached hydrogens (primary N) is 1. The highest BCUT2D eigenvalue weighted by Gasteiger charge is 2.52. The minimum absolute atomic E-state index is 0.0917. The number of phosphoric acid groups is 2. The number of amides is 7. The molecular formula is C43H70N10O27P2. The van der Waals surface area contributed by atoms with Crippen molar-refractivity contribution in [2.24, 2.45) is 5.73 Å². The molecule has 1 aromatic rings. The second kappa shape index (κ2) is 31.5. The summed E-state index contributed by atoms with van der Waals surface area (Å²) in [4.78, 5) is 162. The van der Waals surface area contributed by atoms with Crippen LogP contribution in [0.15, 0.2) is 21.9 Å². The molecule has 2 aliphatic rings. The summed E-state index contributed by atoms with van der Waals surface area (Å²) in [5, 5.41) is 76.5. The van der Waals surface area contributed by atoms with Crippen LogP contribution in [0.3, 0.4) is 0 Å². The van der Waals surface area contributed by atoms with E-state index in [1.165, 1.54) is 13.8 Å². The molecule has 2 saturated heterocycles. The van der Waals surface area contributed by atoms with Crippen LogP contribution in [0.2, 0.25) is 0 Å². The maximum absolute atomic E-state index is 13.9. The standard InChI is InChI=1S/C43H70N10O27P2/c1-17(34(61)48-20(4)41(68)69)47-37(64)23(9-7-8-13-44)51-38(65)24(10-11-27(56)45-19(3)40(66)67)50-35(62)18(2)46-36(63)21(5)76-33-29(49-22(6)55)42(78-25(15-54)31(33)59)79-82(73,74)80-81(71,72)75-16-26-30(58)32(60)39(77-26)53-14-12-28(57)52-43(53)70/h12,14,17-21,23-26,29-33,39,42,54,58-60H,7-11,13,15-16,44H2,1-6H3,(H,45,56)(H,46,63)(H,47,64)(H,48,61)(H,49,55)(H,50,62)(H,51,65)(H,66,67)(H,68,69)(H,71,72)(H,73,74)(H,52,57,70)/t17-,18+,19+,20-,21?,23+,24-,25-,26-,29-,30-,31-,32-,33-,39-,42-/m1/s1. The number of nitrogens with one attached hydrogen (secondary N) is 8. The first-order valence-electron chi connectivity index (χ1n) is 25.0. The quantitative estimate of drug-likeness (QED) is 0.0235. The van der Waals surface area contributed by atoms with Crippen LogP contribution in [0.4, 0.5) is 0 Å². The van der Waals surface area contributed by atoms with Gasteiger partial charge in [-0.05, 0) is 66.8 Å². The first-order chi connectivity index (χ1) is 38.1. The third kappa shape index (κ3) is 21.2. The molecule has 2 aliphatic heterocycles. The molecule has 18 N–H and O–H groups in total. The SMILES string of the molecule is CC(=O)N[C@H]1[C@@H](OP(=O)(O)OP(=O)(O)OC[C@H]2O[C@@H](n3ccc(=O)[nH]c3=O)[C@H](O)[C@@H]2O)O[C@H](CO)[C@@H](O)[C@@H]1OC(C)C(=O)N[C@@H](C)C(=O)N[C@H](CCC(=O)N[C@@H](C)C(=O)O)C(=O)N[C@@H](CCCCN)C(=O)N[C@H](C)C(=O)N[C@H](C)C(=O)O. The fourth-order valence-electron chi connectivity index (χ4n) is 7.63. The van der Waals surface area contributed by atoms with Crippen LogP contribution in [0, 0.1) is 0 Å². The molecule has 0 aromatic carbocycles. The number of aliphatic hydroxyl groups excluding tert-OH is 4. The van der Waals surface area contributed by atoms with Crippen molar-refractivity contribution in [3.63, 3.8) is 0 Å². The molecule has 0 saturated carbocycles. The zero-order valence-electron chi connectivity index (χ0n) is 44.8. The molecule has 0 aliphatic carbocycles. The summed E-state index contributed by atoms with van der Waals surface area (Å²) in [5.41, 5.74) is 3.71. The van der Waals surface area contributed by atoms with Crippen molar-refractivity contribution in [1.82, 2.24) is 46.8 Å². The number of rotatable bonds is 32. The summed E-state index contributed by atoms with van der Waals surface area (Å²) in [5.74, 6) is -9.86. The summed E-state index contributed by atoms with van der Waals surface area (Å²) in [6, 6.07) is -9.91. The van der Waals surface area contributed by atoms with E-state index in [-0.39, 0.29) is 19.4 Å². The Morgan fingerprint density at radius 1 is 0.720 bits per heavy atom.